The van der Waals surface area contributed by atoms with Crippen molar-refractivity contribution >= 4 is 11.9 Å². The van der Waals surface area contributed by atoms with Gasteiger partial charge in [0.15, 0.2) is 0 Å². The van der Waals surface area contributed by atoms with Gasteiger partial charge in [0.05, 0.1) is 17.2 Å². The fourth-order valence-corrected chi connectivity index (χ4v) is 4.27. The predicted molar refractivity (Wildman–Crippen MR) is 130 cm³/mol. The van der Waals surface area contributed by atoms with Gasteiger partial charge in [-0.2, -0.15) is 0 Å². The highest BCUT2D eigenvalue weighted by Gasteiger charge is 2.51. The van der Waals surface area contributed by atoms with Gasteiger partial charge in [0.25, 0.3) is 0 Å². The Morgan fingerprint density at radius 2 is 1.84 bits per heavy atom. The average molecular weight is 454 g/mol. The van der Waals surface area contributed by atoms with E-state index < -0.39 is 23.1 Å². The zero-order valence-electron chi connectivity index (χ0n) is 23.3. The maximum Gasteiger partial charge on any atom is 0.334 e. The summed E-state index contributed by atoms with van der Waals surface area (Å²) in [6.45, 7) is 19.5. The molecule has 32 heavy (non-hydrogen) atoms. The first-order chi connectivity index (χ1) is 15.0. The standard InChI is InChI=1S/C26H48N2O4/c1-12-14-25(9,24(7,8)13-2)32-21-16-19(23(30)31-18(5)6)15-20(27-11)26(21,10)28-22(29)17(3)4/h16-18,20-21,27H,12-15H2,1-11H3,(H,28,29)/t20-,21+,25?,26+/m0/s1/i17D. The van der Waals surface area contributed by atoms with E-state index in [4.69, 9.17) is 10.8 Å². The van der Waals surface area contributed by atoms with E-state index in [-0.39, 0.29) is 29.4 Å². The fourth-order valence-electron chi connectivity index (χ4n) is 4.27. The van der Waals surface area contributed by atoms with Crippen molar-refractivity contribution in [2.45, 2.75) is 124 Å². The third-order valence-electron chi connectivity index (χ3n) is 7.31. The summed E-state index contributed by atoms with van der Waals surface area (Å²) >= 11 is 0. The second-order valence-electron chi connectivity index (χ2n) is 10.7. The average Bonchev–Trinajstić information content (AvgIpc) is 2.68. The minimum atomic E-state index is -1.30. The van der Waals surface area contributed by atoms with Gasteiger partial charge < -0.3 is 20.1 Å². The van der Waals surface area contributed by atoms with Crippen LogP contribution in [0.5, 0.6) is 0 Å². The molecule has 4 atom stereocenters. The molecule has 0 aliphatic heterocycles. The second kappa shape index (κ2) is 11.1. The molecule has 1 amide bonds. The molecular weight excluding hydrogens is 404 g/mol. The summed E-state index contributed by atoms with van der Waals surface area (Å²) in [5, 5.41) is 6.40. The molecule has 1 aliphatic rings. The molecule has 0 saturated heterocycles. The molecule has 186 valence electrons. The van der Waals surface area contributed by atoms with Crippen molar-refractivity contribution in [2.75, 3.05) is 7.05 Å². The molecule has 0 bridgehead atoms. The Hall–Kier alpha value is -1.40. The molecule has 0 fully saturated rings. The smallest absolute Gasteiger partial charge is 0.334 e. The second-order valence-corrected chi connectivity index (χ2v) is 10.7. The molecule has 2 N–H and O–H groups in total. The minimum Gasteiger partial charge on any atom is -0.460 e. The van der Waals surface area contributed by atoms with Crippen LogP contribution in [-0.4, -0.2) is 48.3 Å². The molecule has 0 saturated carbocycles. The third kappa shape index (κ3) is 6.34. The first kappa shape index (κ1) is 26.8. The van der Waals surface area contributed by atoms with Gasteiger partial charge in [0, 0.05) is 18.9 Å². The van der Waals surface area contributed by atoms with Crippen molar-refractivity contribution in [3.63, 3.8) is 0 Å². The summed E-state index contributed by atoms with van der Waals surface area (Å²) in [6.07, 6.45) is 4.09. The fraction of sp³-hybridized carbons (Fsp3) is 0.846. The molecule has 1 rings (SSSR count). The number of rotatable bonds is 11. The number of esters is 1. The maximum atomic E-state index is 13.0. The number of hydrogen-bond acceptors (Lipinski definition) is 5. The summed E-state index contributed by atoms with van der Waals surface area (Å²) in [4.78, 5) is 25.8. The Balaban J connectivity index is 3.61. The van der Waals surface area contributed by atoms with Crippen LogP contribution in [-0.2, 0) is 19.1 Å². The Labute approximate surface area is 197 Å². The van der Waals surface area contributed by atoms with E-state index in [1.54, 1.807) is 13.8 Å². The lowest BCUT2D eigenvalue weighted by Gasteiger charge is -2.52. The highest BCUT2D eigenvalue weighted by Crippen LogP contribution is 2.44. The van der Waals surface area contributed by atoms with E-state index in [9.17, 15) is 9.59 Å². The van der Waals surface area contributed by atoms with Gasteiger partial charge in [-0.3, -0.25) is 4.79 Å². The van der Waals surface area contributed by atoms with Crippen LogP contribution in [0.1, 0.15) is 96.3 Å². The molecule has 1 unspecified atom stereocenters. The Kier molecular flexibility index (Phi) is 9.35. The molecule has 0 radical (unpaired) electrons. The van der Waals surface area contributed by atoms with Gasteiger partial charge in [-0.1, -0.05) is 48.0 Å². The molecule has 6 heteroatoms. The maximum absolute atomic E-state index is 13.0. The molecule has 0 aromatic carbocycles. The third-order valence-corrected chi connectivity index (χ3v) is 7.31. The van der Waals surface area contributed by atoms with Gasteiger partial charge in [-0.05, 0) is 65.5 Å². The summed E-state index contributed by atoms with van der Waals surface area (Å²) in [5.41, 5.74) is -0.965. The van der Waals surface area contributed by atoms with E-state index >= 15 is 0 Å². The summed E-state index contributed by atoms with van der Waals surface area (Å²) < 4.78 is 20.6. The Morgan fingerprint density at radius 1 is 1.25 bits per heavy atom. The van der Waals surface area contributed by atoms with Crippen LogP contribution in [0.4, 0.5) is 0 Å². The molecule has 0 spiro atoms. The van der Waals surface area contributed by atoms with E-state index in [1.165, 1.54) is 0 Å². The Morgan fingerprint density at radius 3 is 2.28 bits per heavy atom. The zero-order chi connectivity index (χ0) is 25.8. The minimum absolute atomic E-state index is 0.137. The lowest BCUT2D eigenvalue weighted by molar-refractivity contribution is -0.169. The van der Waals surface area contributed by atoms with Gasteiger partial charge in [0.1, 0.15) is 6.10 Å². The van der Waals surface area contributed by atoms with E-state index in [1.807, 2.05) is 33.9 Å². The largest absolute Gasteiger partial charge is 0.460 e. The topological polar surface area (TPSA) is 76.7 Å². The van der Waals surface area contributed by atoms with Crippen molar-refractivity contribution < 1.29 is 20.4 Å². The predicted octanol–water partition coefficient (Wildman–Crippen LogP) is 4.77. The summed E-state index contributed by atoms with van der Waals surface area (Å²) in [7, 11) is 1.82. The molecule has 6 nitrogen and oxygen atoms in total. The lowest BCUT2D eigenvalue weighted by Crippen LogP contribution is -2.69. The highest BCUT2D eigenvalue weighted by molar-refractivity contribution is 5.89. The summed E-state index contributed by atoms with van der Waals surface area (Å²) in [5.74, 6) is -2.05. The highest BCUT2D eigenvalue weighted by atomic mass is 16.5. The van der Waals surface area contributed by atoms with Crippen molar-refractivity contribution in [1.29, 1.82) is 0 Å². The molecule has 0 heterocycles. The number of carbonyl (C=O) groups is 2. The van der Waals surface area contributed by atoms with Crippen LogP contribution < -0.4 is 10.6 Å². The first-order valence-electron chi connectivity index (χ1n) is 12.6. The SMILES string of the molecule is [2H]C(C)(C)C(=O)N[C@]1(C)[C@@H](NC)CC(C(=O)OC(C)C)=C[C@H]1OC(C)(CCC)C(C)(C)CC. The number of amides is 1. The monoisotopic (exact) mass is 453 g/mol. The first-order valence-corrected chi connectivity index (χ1v) is 12.1. The molecule has 1 aliphatic carbocycles. The van der Waals surface area contributed by atoms with Gasteiger partial charge in [-0.25, -0.2) is 4.79 Å². The van der Waals surface area contributed by atoms with Gasteiger partial charge in [-0.15, -0.1) is 0 Å². The van der Waals surface area contributed by atoms with Crippen molar-refractivity contribution in [2.24, 2.45) is 11.3 Å². The van der Waals surface area contributed by atoms with Crippen LogP contribution in [0.3, 0.4) is 0 Å². The Bertz CT molecular complexity index is 728. The van der Waals surface area contributed by atoms with E-state index in [0.717, 1.165) is 19.3 Å². The van der Waals surface area contributed by atoms with Crippen LogP contribution in [0.25, 0.3) is 0 Å². The van der Waals surface area contributed by atoms with Crippen LogP contribution in [0.2, 0.25) is 0 Å². The lowest BCUT2D eigenvalue weighted by atomic mass is 9.70. The molecular formula is C26H48N2O4. The normalized spacial score (nSPS) is 26.8. The van der Waals surface area contributed by atoms with Gasteiger partial charge >= 0.3 is 5.97 Å². The van der Waals surface area contributed by atoms with Crippen LogP contribution in [0.15, 0.2) is 11.6 Å². The van der Waals surface area contributed by atoms with E-state index in [2.05, 4.69) is 45.3 Å². The van der Waals surface area contributed by atoms with Crippen molar-refractivity contribution in [1.82, 2.24) is 10.6 Å². The summed E-state index contributed by atoms with van der Waals surface area (Å²) in [6, 6.07) is -0.288. The molecule has 0 aromatic rings. The van der Waals surface area contributed by atoms with E-state index in [0.29, 0.717) is 12.0 Å². The van der Waals surface area contributed by atoms with Crippen molar-refractivity contribution in [3.05, 3.63) is 11.6 Å². The quantitative estimate of drug-likeness (QED) is 0.441. The van der Waals surface area contributed by atoms with Gasteiger partial charge in [0.2, 0.25) is 5.91 Å². The van der Waals surface area contributed by atoms with Crippen LogP contribution in [0, 0.1) is 11.3 Å². The number of ether oxygens (including phenoxy) is 2. The van der Waals surface area contributed by atoms with Crippen molar-refractivity contribution in [3.8, 4) is 0 Å². The number of nitrogens with one attached hydrogen (secondary N) is 2. The van der Waals surface area contributed by atoms with Crippen LogP contribution >= 0.6 is 0 Å². The number of likely N-dealkylation sites (N-methyl/N-ethyl adjacent to an activating group) is 1. The zero-order valence-corrected chi connectivity index (χ0v) is 22.3. The molecule has 0 aromatic heterocycles. The number of hydrogen-bond donors (Lipinski definition) is 2. The number of carbonyl (C=O) groups excluding carboxylic acids is 2.